The third kappa shape index (κ3) is 11.9. The van der Waals surface area contributed by atoms with Gasteiger partial charge in [-0.2, -0.15) is 0 Å². The maximum absolute atomic E-state index is 13.4. The van der Waals surface area contributed by atoms with Crippen molar-refractivity contribution in [2.24, 2.45) is 5.41 Å². The molecule has 1 aliphatic carbocycles. The highest BCUT2D eigenvalue weighted by molar-refractivity contribution is 7.99. The van der Waals surface area contributed by atoms with Crippen molar-refractivity contribution in [1.82, 2.24) is 19.8 Å². The average Bonchev–Trinajstić information content (AvgIpc) is 3.27. The first-order chi connectivity index (χ1) is 29.9. The topological polar surface area (TPSA) is 160 Å². The van der Waals surface area contributed by atoms with E-state index in [9.17, 15) is 28.4 Å². The molecule has 0 spiro atoms. The molecule has 4 N–H and O–H groups in total. The number of piperazine rings is 2. The number of nitrogens with zero attached hydrogens (tertiary/aromatic N) is 4. The van der Waals surface area contributed by atoms with E-state index in [-0.39, 0.29) is 29.3 Å². The van der Waals surface area contributed by atoms with Crippen molar-refractivity contribution in [2.75, 3.05) is 88.0 Å². The van der Waals surface area contributed by atoms with Crippen LogP contribution >= 0.6 is 23.4 Å². The molecule has 2 saturated heterocycles. The number of nitro groups is 1. The highest BCUT2D eigenvalue weighted by Gasteiger charge is 2.35. The summed E-state index contributed by atoms with van der Waals surface area (Å²) in [6.07, 6.45) is 3.59. The molecule has 62 heavy (non-hydrogen) atoms. The Balaban J connectivity index is 0.957. The van der Waals surface area contributed by atoms with Gasteiger partial charge in [0.25, 0.3) is 21.6 Å². The molecule has 4 aromatic rings. The summed E-state index contributed by atoms with van der Waals surface area (Å²) < 4.78 is 28.8. The molecule has 2 heterocycles. The van der Waals surface area contributed by atoms with Crippen molar-refractivity contribution >= 4 is 61.9 Å². The zero-order chi connectivity index (χ0) is 43.7. The van der Waals surface area contributed by atoms with Gasteiger partial charge in [0, 0.05) is 111 Å². The van der Waals surface area contributed by atoms with Crippen LogP contribution < -0.4 is 20.3 Å². The number of carbonyl (C=O) groups excluding carboxylic acids is 1. The van der Waals surface area contributed by atoms with Gasteiger partial charge >= 0.3 is 0 Å². The molecular formula is C46H56ClN7O6S2. The van der Waals surface area contributed by atoms with Crippen LogP contribution in [0.2, 0.25) is 5.02 Å². The van der Waals surface area contributed by atoms with Crippen molar-refractivity contribution in [3.63, 3.8) is 0 Å². The number of allylic oxidation sites excluding steroid dienone is 1. The third-order valence-corrected chi connectivity index (χ3v) is 14.8. The Morgan fingerprint density at radius 1 is 0.952 bits per heavy atom. The Bertz CT molecular complexity index is 2300. The zero-order valence-corrected chi connectivity index (χ0v) is 37.5. The van der Waals surface area contributed by atoms with Crippen LogP contribution in [-0.2, 0) is 10.0 Å². The number of halogens is 1. The molecule has 0 bridgehead atoms. The summed E-state index contributed by atoms with van der Waals surface area (Å²) in [4.78, 5) is 32.7. The summed E-state index contributed by atoms with van der Waals surface area (Å²) in [6, 6.07) is 27.9. The first kappa shape index (κ1) is 45.5. The van der Waals surface area contributed by atoms with E-state index in [1.54, 1.807) is 12.1 Å². The van der Waals surface area contributed by atoms with Gasteiger partial charge in [-0.3, -0.25) is 19.8 Å². The van der Waals surface area contributed by atoms with Crippen molar-refractivity contribution < 1.29 is 23.2 Å². The standard InChI is InChI=1S/C46H56ClN7O6S2/c1-46(33-52-22-20-48-21-23-52)19-17-42(34-7-11-37(47)12-8-34)36(30-46)31-51-24-26-53(27-25-51)39-13-9-35(10-14-39)45(56)50-62(59,60)41-15-16-43(44(29-41)54(57)58)49-38(18-28-55)32-61-40-5-3-2-4-6-40/h2-16,29,38,48-49,55H,17-28,30-33H2,1H3,(H,50,56). The van der Waals surface area contributed by atoms with Gasteiger partial charge in [-0.05, 0) is 103 Å². The van der Waals surface area contributed by atoms with Crippen LogP contribution in [0.3, 0.4) is 0 Å². The van der Waals surface area contributed by atoms with Crippen LogP contribution in [0.15, 0.2) is 112 Å². The lowest BCUT2D eigenvalue weighted by molar-refractivity contribution is -0.384. The highest BCUT2D eigenvalue weighted by Crippen LogP contribution is 2.44. The maximum Gasteiger partial charge on any atom is 0.293 e. The second-order valence-corrected chi connectivity index (χ2v) is 20.0. The van der Waals surface area contributed by atoms with Crippen molar-refractivity contribution in [3.8, 4) is 0 Å². The minimum absolute atomic E-state index is 0.113. The molecule has 2 atom stereocenters. The molecule has 0 aromatic heterocycles. The molecule has 4 aromatic carbocycles. The maximum atomic E-state index is 13.4. The van der Waals surface area contributed by atoms with Crippen LogP contribution in [-0.4, -0.2) is 118 Å². The summed E-state index contributed by atoms with van der Waals surface area (Å²) in [7, 11) is -4.46. The Hall–Kier alpha value is -4.48. The van der Waals surface area contributed by atoms with Crippen molar-refractivity contribution in [2.45, 2.75) is 48.4 Å². The van der Waals surface area contributed by atoms with Gasteiger partial charge < -0.3 is 25.5 Å². The molecule has 0 saturated carbocycles. The number of hydrogen-bond donors (Lipinski definition) is 4. The Morgan fingerprint density at radius 3 is 2.34 bits per heavy atom. The highest BCUT2D eigenvalue weighted by atomic mass is 35.5. The number of rotatable bonds is 17. The molecule has 2 fully saturated rings. The fourth-order valence-corrected chi connectivity index (χ4v) is 10.9. The first-order valence-electron chi connectivity index (χ1n) is 21.3. The van der Waals surface area contributed by atoms with Crippen molar-refractivity contribution in [1.29, 1.82) is 0 Å². The zero-order valence-electron chi connectivity index (χ0n) is 35.1. The monoisotopic (exact) mass is 901 g/mol. The average molecular weight is 903 g/mol. The lowest BCUT2D eigenvalue weighted by atomic mass is 9.71. The lowest BCUT2D eigenvalue weighted by Gasteiger charge is -2.43. The normalized spacial score (nSPS) is 19.6. The number of thioether (sulfide) groups is 1. The summed E-state index contributed by atoms with van der Waals surface area (Å²) in [5.74, 6) is -0.330. The quantitative estimate of drug-likeness (QED) is 0.0490. The number of hydrogen-bond acceptors (Lipinski definition) is 12. The molecule has 16 heteroatoms. The largest absolute Gasteiger partial charge is 0.396 e. The van der Waals surface area contributed by atoms with Gasteiger partial charge in [-0.25, -0.2) is 13.1 Å². The number of aliphatic hydroxyl groups excluding tert-OH is 1. The van der Waals surface area contributed by atoms with Gasteiger partial charge in [-0.15, -0.1) is 11.8 Å². The summed E-state index contributed by atoms with van der Waals surface area (Å²) in [5, 5.41) is 29.1. The third-order valence-electron chi connectivity index (χ3n) is 12.1. The first-order valence-corrected chi connectivity index (χ1v) is 24.1. The van der Waals surface area contributed by atoms with E-state index >= 15 is 0 Å². The van der Waals surface area contributed by atoms with Gasteiger partial charge in [0.2, 0.25) is 0 Å². The molecule has 3 aliphatic rings. The molecule has 0 radical (unpaired) electrons. The number of carbonyl (C=O) groups is 1. The fraction of sp³-hybridized carbons (Fsp3) is 0.413. The molecule has 2 unspecified atom stereocenters. The second kappa shape index (κ2) is 20.8. The van der Waals surface area contributed by atoms with Crippen LogP contribution in [0.5, 0.6) is 0 Å². The number of sulfonamides is 1. The van der Waals surface area contributed by atoms with E-state index in [2.05, 4.69) is 49.1 Å². The van der Waals surface area contributed by atoms with Crippen LogP contribution in [0, 0.1) is 15.5 Å². The summed E-state index contributed by atoms with van der Waals surface area (Å²) in [6.45, 7) is 12.0. The molecule has 1 amide bonds. The number of aliphatic hydroxyl groups is 1. The van der Waals surface area contributed by atoms with Gasteiger partial charge in [-0.1, -0.05) is 54.4 Å². The number of nitrogens with one attached hydrogen (secondary N) is 3. The van der Waals surface area contributed by atoms with Crippen LogP contribution in [0.4, 0.5) is 17.1 Å². The molecular weight excluding hydrogens is 846 g/mol. The fourth-order valence-electron chi connectivity index (χ4n) is 8.74. The molecule has 2 aliphatic heterocycles. The molecule has 330 valence electrons. The Kier molecular flexibility index (Phi) is 15.3. The van der Waals surface area contributed by atoms with E-state index < -0.39 is 31.4 Å². The Labute approximate surface area is 374 Å². The van der Waals surface area contributed by atoms with E-state index in [1.807, 2.05) is 54.6 Å². The number of benzene rings is 4. The predicted molar refractivity (Wildman–Crippen MR) is 249 cm³/mol. The van der Waals surface area contributed by atoms with Gasteiger partial charge in [0.05, 0.1) is 9.82 Å². The van der Waals surface area contributed by atoms with E-state index in [1.165, 1.54) is 40.6 Å². The molecule has 13 nitrogen and oxygen atoms in total. The number of anilines is 2. The summed E-state index contributed by atoms with van der Waals surface area (Å²) >= 11 is 7.81. The van der Waals surface area contributed by atoms with Crippen LogP contribution in [0.1, 0.15) is 48.5 Å². The summed E-state index contributed by atoms with van der Waals surface area (Å²) in [5.41, 5.74) is 5.17. The number of amides is 1. The van der Waals surface area contributed by atoms with Gasteiger partial charge in [0.15, 0.2) is 0 Å². The van der Waals surface area contributed by atoms with Crippen LogP contribution in [0.25, 0.3) is 5.57 Å². The smallest absolute Gasteiger partial charge is 0.293 e. The van der Waals surface area contributed by atoms with E-state index in [0.717, 1.165) is 106 Å². The minimum atomic E-state index is -4.46. The number of nitro benzene ring substituents is 1. The van der Waals surface area contributed by atoms with E-state index in [4.69, 9.17) is 11.6 Å². The van der Waals surface area contributed by atoms with Crippen molar-refractivity contribution in [3.05, 3.63) is 129 Å². The predicted octanol–water partition coefficient (Wildman–Crippen LogP) is 6.99. The SMILES string of the molecule is CC1(CN2CCNCC2)CCC(c2ccc(Cl)cc2)=C(CN2CCN(c3ccc(C(=O)NS(=O)(=O)c4ccc(NC(CCO)CSc5ccccc5)c([N+](=O)[O-])c4)cc3)CC2)C1. The van der Waals surface area contributed by atoms with Gasteiger partial charge in [0.1, 0.15) is 5.69 Å². The van der Waals surface area contributed by atoms with E-state index in [0.29, 0.717) is 12.2 Å². The second-order valence-electron chi connectivity index (χ2n) is 16.8. The lowest BCUT2D eigenvalue weighted by Crippen LogP contribution is -2.49. The minimum Gasteiger partial charge on any atom is -0.396 e. The molecule has 7 rings (SSSR count). The Morgan fingerprint density at radius 2 is 1.66 bits per heavy atom.